The zero-order chi connectivity index (χ0) is 13.2. The van der Waals surface area contributed by atoms with Gasteiger partial charge in [-0.15, -0.1) is 0 Å². The predicted molar refractivity (Wildman–Crippen MR) is 65.5 cm³/mol. The van der Waals surface area contributed by atoms with Gasteiger partial charge in [0.15, 0.2) is 0 Å². The van der Waals surface area contributed by atoms with Gasteiger partial charge < -0.3 is 10.6 Å². The lowest BCUT2D eigenvalue weighted by molar-refractivity contribution is -0.126. The zero-order valence-electron chi connectivity index (χ0n) is 10.8. The van der Waals surface area contributed by atoms with Crippen LogP contribution in [0.4, 0.5) is 8.78 Å². The minimum Gasteiger partial charge on any atom is -0.356 e. The van der Waals surface area contributed by atoms with Gasteiger partial charge in [0.25, 0.3) is 0 Å². The zero-order valence-corrected chi connectivity index (χ0v) is 10.8. The Kier molecular flexibility index (Phi) is 4.20. The van der Waals surface area contributed by atoms with Crippen molar-refractivity contribution in [2.75, 3.05) is 13.1 Å². The van der Waals surface area contributed by atoms with E-state index in [0.717, 1.165) is 19.4 Å². The highest BCUT2D eigenvalue weighted by molar-refractivity contribution is 5.79. The normalized spacial score (nSPS) is 35.4. The van der Waals surface area contributed by atoms with E-state index in [4.69, 9.17) is 0 Å². The van der Waals surface area contributed by atoms with Crippen LogP contribution in [0.5, 0.6) is 0 Å². The van der Waals surface area contributed by atoms with E-state index in [0.29, 0.717) is 24.9 Å². The Labute approximate surface area is 107 Å². The molecule has 1 saturated carbocycles. The van der Waals surface area contributed by atoms with Crippen molar-refractivity contribution in [3.8, 4) is 0 Å². The van der Waals surface area contributed by atoms with Crippen molar-refractivity contribution in [3.63, 3.8) is 0 Å². The SMILES string of the molecule is CC1CCC(CNC(=O)C2CCC(F)(F)C2)CN1. The molecule has 3 atom stereocenters. The number of alkyl halides is 2. The number of rotatable bonds is 3. The van der Waals surface area contributed by atoms with E-state index in [-0.39, 0.29) is 18.7 Å². The van der Waals surface area contributed by atoms with Crippen molar-refractivity contribution >= 4 is 5.91 Å². The minimum atomic E-state index is -2.64. The quantitative estimate of drug-likeness (QED) is 0.814. The number of halogens is 2. The van der Waals surface area contributed by atoms with Gasteiger partial charge in [-0.2, -0.15) is 0 Å². The number of piperidine rings is 1. The molecule has 1 amide bonds. The van der Waals surface area contributed by atoms with E-state index in [1.807, 2.05) is 0 Å². The highest BCUT2D eigenvalue weighted by Crippen LogP contribution is 2.38. The summed E-state index contributed by atoms with van der Waals surface area (Å²) < 4.78 is 26.0. The second-order valence-electron chi connectivity index (χ2n) is 5.79. The molecule has 1 saturated heterocycles. The van der Waals surface area contributed by atoms with E-state index in [2.05, 4.69) is 17.6 Å². The van der Waals surface area contributed by atoms with E-state index in [1.165, 1.54) is 0 Å². The van der Waals surface area contributed by atoms with Crippen LogP contribution in [0.25, 0.3) is 0 Å². The molecule has 2 fully saturated rings. The Morgan fingerprint density at radius 3 is 2.72 bits per heavy atom. The van der Waals surface area contributed by atoms with E-state index < -0.39 is 11.8 Å². The highest BCUT2D eigenvalue weighted by Gasteiger charge is 2.42. The number of carbonyl (C=O) groups excluding carboxylic acids is 1. The van der Waals surface area contributed by atoms with Gasteiger partial charge in [-0.05, 0) is 38.6 Å². The van der Waals surface area contributed by atoms with Gasteiger partial charge in [0.1, 0.15) is 0 Å². The Balaban J connectivity index is 1.69. The predicted octanol–water partition coefficient (Wildman–Crippen LogP) is 1.93. The van der Waals surface area contributed by atoms with Crippen molar-refractivity contribution in [3.05, 3.63) is 0 Å². The van der Waals surface area contributed by atoms with Crippen LogP contribution in [0.1, 0.15) is 39.0 Å². The molecular weight excluding hydrogens is 238 g/mol. The van der Waals surface area contributed by atoms with Crippen LogP contribution in [0.15, 0.2) is 0 Å². The number of carbonyl (C=O) groups is 1. The van der Waals surface area contributed by atoms with Crippen LogP contribution in [0, 0.1) is 11.8 Å². The summed E-state index contributed by atoms with van der Waals surface area (Å²) in [6.45, 7) is 3.66. The van der Waals surface area contributed by atoms with Gasteiger partial charge in [-0.3, -0.25) is 4.79 Å². The molecule has 104 valence electrons. The van der Waals surface area contributed by atoms with Crippen LogP contribution in [0.3, 0.4) is 0 Å². The summed E-state index contributed by atoms with van der Waals surface area (Å²) in [5.41, 5.74) is 0. The van der Waals surface area contributed by atoms with Gasteiger partial charge in [-0.25, -0.2) is 8.78 Å². The molecule has 0 aromatic heterocycles. The number of amides is 1. The molecule has 5 heteroatoms. The minimum absolute atomic E-state index is 0.145. The highest BCUT2D eigenvalue weighted by atomic mass is 19.3. The number of nitrogens with one attached hydrogen (secondary N) is 2. The average molecular weight is 260 g/mol. The Bertz CT molecular complexity index is 301. The molecule has 18 heavy (non-hydrogen) atoms. The standard InChI is InChI=1S/C13H22F2N2O/c1-9-2-3-10(7-16-9)8-17-12(18)11-4-5-13(14,15)6-11/h9-11,16H,2-8H2,1H3,(H,17,18). The second kappa shape index (κ2) is 5.51. The third kappa shape index (κ3) is 3.64. The maximum Gasteiger partial charge on any atom is 0.248 e. The molecule has 1 aliphatic heterocycles. The summed E-state index contributed by atoms with van der Waals surface area (Å²) >= 11 is 0. The number of hydrogen-bond acceptors (Lipinski definition) is 2. The lowest BCUT2D eigenvalue weighted by Crippen LogP contribution is -2.43. The van der Waals surface area contributed by atoms with Gasteiger partial charge in [0.2, 0.25) is 11.8 Å². The molecule has 2 rings (SSSR count). The molecule has 0 bridgehead atoms. The molecule has 0 radical (unpaired) electrons. The first kappa shape index (κ1) is 13.7. The lowest BCUT2D eigenvalue weighted by Gasteiger charge is -2.28. The van der Waals surface area contributed by atoms with Crippen LogP contribution in [-0.2, 0) is 4.79 Å². The van der Waals surface area contributed by atoms with Gasteiger partial charge >= 0.3 is 0 Å². The molecular formula is C13H22F2N2O. The Hall–Kier alpha value is -0.710. The van der Waals surface area contributed by atoms with Crippen LogP contribution >= 0.6 is 0 Å². The topological polar surface area (TPSA) is 41.1 Å². The van der Waals surface area contributed by atoms with E-state index in [1.54, 1.807) is 0 Å². The molecule has 0 aromatic rings. The molecule has 2 N–H and O–H groups in total. The fourth-order valence-corrected chi connectivity index (χ4v) is 2.79. The lowest BCUT2D eigenvalue weighted by atomic mass is 9.95. The monoisotopic (exact) mass is 260 g/mol. The third-order valence-electron chi connectivity index (χ3n) is 4.10. The van der Waals surface area contributed by atoms with Crippen LogP contribution < -0.4 is 10.6 Å². The van der Waals surface area contributed by atoms with Crippen molar-refractivity contribution in [2.45, 2.75) is 51.0 Å². The van der Waals surface area contributed by atoms with Crippen molar-refractivity contribution in [1.82, 2.24) is 10.6 Å². The largest absolute Gasteiger partial charge is 0.356 e. The first-order valence-electron chi connectivity index (χ1n) is 6.85. The first-order chi connectivity index (χ1) is 8.46. The Morgan fingerprint density at radius 2 is 2.17 bits per heavy atom. The van der Waals surface area contributed by atoms with Crippen LogP contribution in [-0.4, -0.2) is 31.0 Å². The first-order valence-corrected chi connectivity index (χ1v) is 6.85. The van der Waals surface area contributed by atoms with Crippen molar-refractivity contribution in [1.29, 1.82) is 0 Å². The molecule has 1 aliphatic carbocycles. The van der Waals surface area contributed by atoms with Gasteiger partial charge in [0.05, 0.1) is 0 Å². The maximum atomic E-state index is 13.0. The fourth-order valence-electron chi connectivity index (χ4n) is 2.79. The number of hydrogen-bond donors (Lipinski definition) is 2. The fraction of sp³-hybridized carbons (Fsp3) is 0.923. The summed E-state index contributed by atoms with van der Waals surface area (Å²) in [6.07, 6.45) is 2.10. The maximum absolute atomic E-state index is 13.0. The third-order valence-corrected chi connectivity index (χ3v) is 4.10. The van der Waals surface area contributed by atoms with Crippen molar-refractivity contribution < 1.29 is 13.6 Å². The summed E-state index contributed by atoms with van der Waals surface area (Å²) in [5.74, 6) is -2.88. The molecule has 3 nitrogen and oxygen atoms in total. The summed E-state index contributed by atoms with van der Waals surface area (Å²) in [7, 11) is 0. The second-order valence-corrected chi connectivity index (χ2v) is 5.79. The van der Waals surface area contributed by atoms with Gasteiger partial charge in [-0.1, -0.05) is 0 Å². The molecule has 2 aliphatic rings. The van der Waals surface area contributed by atoms with Crippen LogP contribution in [0.2, 0.25) is 0 Å². The summed E-state index contributed by atoms with van der Waals surface area (Å²) in [4.78, 5) is 11.8. The summed E-state index contributed by atoms with van der Waals surface area (Å²) in [6, 6.07) is 0.547. The average Bonchev–Trinajstić information content (AvgIpc) is 2.69. The van der Waals surface area contributed by atoms with E-state index >= 15 is 0 Å². The molecule has 1 heterocycles. The van der Waals surface area contributed by atoms with Gasteiger partial charge in [0, 0.05) is 31.3 Å². The smallest absolute Gasteiger partial charge is 0.248 e. The molecule has 3 unspecified atom stereocenters. The van der Waals surface area contributed by atoms with E-state index in [9.17, 15) is 13.6 Å². The molecule has 0 spiro atoms. The van der Waals surface area contributed by atoms with Crippen molar-refractivity contribution in [2.24, 2.45) is 11.8 Å². The Morgan fingerprint density at radius 1 is 1.39 bits per heavy atom. The summed E-state index contributed by atoms with van der Waals surface area (Å²) in [5, 5.41) is 6.20. The molecule has 0 aromatic carbocycles.